The summed E-state index contributed by atoms with van der Waals surface area (Å²) in [4.78, 5) is 13.8. The van der Waals surface area contributed by atoms with Crippen LogP contribution in [0.25, 0.3) is 0 Å². The molecule has 110 valence electrons. The summed E-state index contributed by atoms with van der Waals surface area (Å²) in [5.74, 6) is 0. The van der Waals surface area contributed by atoms with Crippen LogP contribution in [0.15, 0.2) is 48.5 Å². The summed E-state index contributed by atoms with van der Waals surface area (Å²) >= 11 is 0. The molecule has 4 heteroatoms. The van der Waals surface area contributed by atoms with Gasteiger partial charge in [0.25, 0.3) is 0 Å². The Bertz CT molecular complexity index is 608. The van der Waals surface area contributed by atoms with Crippen LogP contribution in [0.4, 0.5) is 10.5 Å². The Hall–Kier alpha value is -2.33. The first-order valence-corrected chi connectivity index (χ1v) is 6.95. The lowest BCUT2D eigenvalue weighted by Gasteiger charge is -2.18. The van der Waals surface area contributed by atoms with Crippen molar-refractivity contribution in [3.05, 3.63) is 65.2 Å². The molecule has 0 aromatic heterocycles. The molecule has 4 nitrogen and oxygen atoms in total. The maximum atomic E-state index is 12.1. The topological polar surface area (TPSA) is 58.4 Å². The fraction of sp³-hybridized carbons (Fsp3) is 0.235. The molecule has 0 aliphatic heterocycles. The Morgan fingerprint density at radius 2 is 1.86 bits per heavy atom. The third kappa shape index (κ3) is 4.33. The van der Waals surface area contributed by atoms with Gasteiger partial charge in [-0.1, -0.05) is 42.0 Å². The molecular formula is C17H21N3O. The summed E-state index contributed by atoms with van der Waals surface area (Å²) in [6.07, 6.45) is 0. The highest BCUT2D eigenvalue weighted by molar-refractivity contribution is 5.89. The van der Waals surface area contributed by atoms with Crippen LogP contribution in [0.5, 0.6) is 0 Å². The van der Waals surface area contributed by atoms with Crippen LogP contribution in [0.2, 0.25) is 0 Å². The second-order valence-corrected chi connectivity index (χ2v) is 5.18. The van der Waals surface area contributed by atoms with E-state index in [2.05, 4.69) is 11.4 Å². The number of nitrogens with one attached hydrogen (secondary N) is 1. The number of nitrogens with two attached hydrogens (primary N) is 1. The average Bonchev–Trinajstić information content (AvgIpc) is 2.48. The van der Waals surface area contributed by atoms with Gasteiger partial charge in [0.05, 0.1) is 0 Å². The molecule has 0 bridgehead atoms. The minimum absolute atomic E-state index is 0.128. The van der Waals surface area contributed by atoms with Gasteiger partial charge in [-0.15, -0.1) is 0 Å². The second-order valence-electron chi connectivity index (χ2n) is 5.18. The molecule has 0 radical (unpaired) electrons. The summed E-state index contributed by atoms with van der Waals surface area (Å²) in [5.41, 5.74) is 9.68. The fourth-order valence-electron chi connectivity index (χ4n) is 2.10. The van der Waals surface area contributed by atoms with Crippen LogP contribution < -0.4 is 11.1 Å². The molecule has 2 aromatic carbocycles. The Morgan fingerprint density at radius 1 is 1.14 bits per heavy atom. The molecule has 0 saturated heterocycles. The van der Waals surface area contributed by atoms with Crippen LogP contribution in [0.3, 0.4) is 0 Å². The van der Waals surface area contributed by atoms with Crippen molar-refractivity contribution in [1.82, 2.24) is 4.90 Å². The van der Waals surface area contributed by atoms with Crippen molar-refractivity contribution in [2.45, 2.75) is 20.0 Å². The third-order valence-corrected chi connectivity index (χ3v) is 3.29. The average molecular weight is 283 g/mol. The smallest absolute Gasteiger partial charge is 0.321 e. The summed E-state index contributed by atoms with van der Waals surface area (Å²) in [5, 5.41) is 2.87. The monoisotopic (exact) mass is 283 g/mol. The second kappa shape index (κ2) is 6.90. The minimum atomic E-state index is -0.128. The number of amides is 2. The molecule has 2 amide bonds. The standard InChI is InChI=1S/C17H21N3O/c1-13-4-3-5-15(10-13)12-20(2)17(21)19-16-8-6-14(11-18)7-9-16/h3-10H,11-12,18H2,1-2H3,(H,19,21). The normalized spacial score (nSPS) is 10.2. The molecule has 0 heterocycles. The Morgan fingerprint density at radius 3 is 2.48 bits per heavy atom. The lowest BCUT2D eigenvalue weighted by molar-refractivity contribution is 0.220. The maximum Gasteiger partial charge on any atom is 0.321 e. The zero-order valence-electron chi connectivity index (χ0n) is 12.5. The first kappa shape index (κ1) is 15.1. The maximum absolute atomic E-state index is 12.1. The zero-order valence-corrected chi connectivity index (χ0v) is 12.5. The van der Waals surface area contributed by atoms with E-state index >= 15 is 0 Å². The number of rotatable bonds is 4. The van der Waals surface area contributed by atoms with E-state index in [1.165, 1.54) is 5.56 Å². The van der Waals surface area contributed by atoms with Crippen LogP contribution in [-0.4, -0.2) is 18.0 Å². The first-order valence-electron chi connectivity index (χ1n) is 6.95. The van der Waals surface area contributed by atoms with E-state index in [4.69, 9.17) is 5.73 Å². The van der Waals surface area contributed by atoms with Crippen molar-refractivity contribution in [2.75, 3.05) is 12.4 Å². The van der Waals surface area contributed by atoms with Gasteiger partial charge in [-0.05, 0) is 30.2 Å². The number of hydrogen-bond acceptors (Lipinski definition) is 2. The zero-order chi connectivity index (χ0) is 15.2. The molecule has 3 N–H and O–H groups in total. The number of urea groups is 1. The van der Waals surface area contributed by atoms with E-state index in [1.54, 1.807) is 11.9 Å². The highest BCUT2D eigenvalue weighted by atomic mass is 16.2. The summed E-state index contributed by atoms with van der Waals surface area (Å²) in [6, 6.07) is 15.6. The van der Waals surface area contributed by atoms with Crippen LogP contribution in [0, 0.1) is 6.92 Å². The van der Waals surface area contributed by atoms with Crippen molar-refractivity contribution < 1.29 is 4.79 Å². The molecule has 0 saturated carbocycles. The van der Waals surface area contributed by atoms with Gasteiger partial charge in [-0.25, -0.2) is 4.79 Å². The number of nitrogens with zero attached hydrogens (tertiary/aromatic N) is 1. The van der Waals surface area contributed by atoms with Gasteiger partial charge in [0, 0.05) is 25.8 Å². The lowest BCUT2D eigenvalue weighted by Crippen LogP contribution is -2.30. The van der Waals surface area contributed by atoms with Gasteiger partial charge in [-0.3, -0.25) is 0 Å². The number of benzene rings is 2. The Balaban J connectivity index is 1.95. The number of anilines is 1. The van der Waals surface area contributed by atoms with Gasteiger partial charge < -0.3 is 16.0 Å². The first-order chi connectivity index (χ1) is 10.1. The predicted molar refractivity (Wildman–Crippen MR) is 86.0 cm³/mol. The molecule has 21 heavy (non-hydrogen) atoms. The molecule has 2 aromatic rings. The summed E-state index contributed by atoms with van der Waals surface area (Å²) in [7, 11) is 1.78. The highest BCUT2D eigenvalue weighted by Crippen LogP contribution is 2.11. The van der Waals surface area contributed by atoms with E-state index < -0.39 is 0 Å². The molecule has 0 spiro atoms. The number of carbonyl (C=O) groups is 1. The number of carbonyl (C=O) groups excluding carboxylic acids is 1. The number of hydrogen-bond donors (Lipinski definition) is 2. The van der Waals surface area contributed by atoms with Crippen molar-refractivity contribution in [3.63, 3.8) is 0 Å². The fourth-order valence-corrected chi connectivity index (χ4v) is 2.10. The summed E-state index contributed by atoms with van der Waals surface area (Å²) in [6.45, 7) is 3.12. The van der Waals surface area contributed by atoms with Crippen molar-refractivity contribution in [1.29, 1.82) is 0 Å². The van der Waals surface area contributed by atoms with E-state index in [-0.39, 0.29) is 6.03 Å². The largest absolute Gasteiger partial charge is 0.326 e. The molecule has 0 aliphatic carbocycles. The highest BCUT2D eigenvalue weighted by Gasteiger charge is 2.09. The lowest BCUT2D eigenvalue weighted by atomic mass is 10.1. The number of aryl methyl sites for hydroxylation is 1. The molecule has 0 aliphatic rings. The quantitative estimate of drug-likeness (QED) is 0.905. The van der Waals surface area contributed by atoms with Gasteiger partial charge >= 0.3 is 6.03 Å². The Labute approximate surface area is 125 Å². The van der Waals surface area contributed by atoms with Crippen molar-refractivity contribution in [3.8, 4) is 0 Å². The van der Waals surface area contributed by atoms with Crippen molar-refractivity contribution in [2.24, 2.45) is 5.73 Å². The van der Waals surface area contributed by atoms with Gasteiger partial charge in [-0.2, -0.15) is 0 Å². The molecule has 0 fully saturated rings. The molecule has 2 rings (SSSR count). The molecule has 0 atom stereocenters. The van der Waals surface area contributed by atoms with E-state index in [0.717, 1.165) is 16.8 Å². The van der Waals surface area contributed by atoms with E-state index in [0.29, 0.717) is 13.1 Å². The summed E-state index contributed by atoms with van der Waals surface area (Å²) < 4.78 is 0. The van der Waals surface area contributed by atoms with Crippen LogP contribution in [-0.2, 0) is 13.1 Å². The van der Waals surface area contributed by atoms with E-state index in [1.807, 2.05) is 49.4 Å². The van der Waals surface area contributed by atoms with Gasteiger partial charge in [0.15, 0.2) is 0 Å². The molecule has 0 unspecified atom stereocenters. The SMILES string of the molecule is Cc1cccc(CN(C)C(=O)Nc2ccc(CN)cc2)c1. The van der Waals surface area contributed by atoms with Gasteiger partial charge in [0.1, 0.15) is 0 Å². The Kier molecular flexibility index (Phi) is 4.95. The molecular weight excluding hydrogens is 262 g/mol. The van der Waals surface area contributed by atoms with Crippen molar-refractivity contribution >= 4 is 11.7 Å². The third-order valence-electron chi connectivity index (χ3n) is 3.29. The van der Waals surface area contributed by atoms with Crippen LogP contribution >= 0.6 is 0 Å². The predicted octanol–water partition coefficient (Wildman–Crippen LogP) is 3.12. The van der Waals surface area contributed by atoms with Gasteiger partial charge in [0.2, 0.25) is 0 Å². The van der Waals surface area contributed by atoms with E-state index in [9.17, 15) is 4.79 Å². The minimum Gasteiger partial charge on any atom is -0.326 e. The van der Waals surface area contributed by atoms with Crippen LogP contribution in [0.1, 0.15) is 16.7 Å².